The summed E-state index contributed by atoms with van der Waals surface area (Å²) >= 11 is 9.65. The molecule has 3 heteroatoms. The Hall–Kier alpha value is -0.0500. The largest absolute Gasteiger partial charge is 0.313 e. The van der Waals surface area contributed by atoms with Crippen molar-refractivity contribution in [2.45, 2.75) is 38.1 Å². The fourth-order valence-corrected chi connectivity index (χ4v) is 3.78. The molecule has 1 aliphatic rings. The van der Waals surface area contributed by atoms with Crippen molar-refractivity contribution in [2.24, 2.45) is 5.92 Å². The number of benzene rings is 1. The van der Waals surface area contributed by atoms with E-state index in [0.717, 1.165) is 15.4 Å². The highest BCUT2D eigenvalue weighted by Crippen LogP contribution is 2.35. The average Bonchev–Trinajstić information content (AvgIpc) is 2.30. The quantitative estimate of drug-likeness (QED) is 0.832. The first-order valence-electron chi connectivity index (χ1n) is 6.34. The fourth-order valence-electron chi connectivity index (χ4n) is 2.90. The highest BCUT2D eigenvalue weighted by atomic mass is 79.9. The first kappa shape index (κ1) is 13.4. The third kappa shape index (κ3) is 3.46. The van der Waals surface area contributed by atoms with Crippen LogP contribution in [0.5, 0.6) is 0 Å². The molecular formula is C14H19BrClN. The fraction of sp³-hybridized carbons (Fsp3) is 0.571. The summed E-state index contributed by atoms with van der Waals surface area (Å²) in [7, 11) is 2.05. The van der Waals surface area contributed by atoms with Crippen LogP contribution < -0.4 is 5.32 Å². The molecule has 1 saturated carbocycles. The van der Waals surface area contributed by atoms with Crippen molar-refractivity contribution in [3.8, 4) is 0 Å². The van der Waals surface area contributed by atoms with Crippen LogP contribution in [0, 0.1) is 5.92 Å². The molecule has 0 amide bonds. The van der Waals surface area contributed by atoms with E-state index in [4.69, 9.17) is 11.6 Å². The zero-order valence-electron chi connectivity index (χ0n) is 10.2. The highest BCUT2D eigenvalue weighted by Gasteiger charge is 2.24. The van der Waals surface area contributed by atoms with Crippen molar-refractivity contribution in [3.63, 3.8) is 0 Å². The Bertz CT molecular complexity index is 354. The average molecular weight is 317 g/mol. The van der Waals surface area contributed by atoms with Gasteiger partial charge in [0.1, 0.15) is 0 Å². The second kappa shape index (κ2) is 6.21. The Morgan fingerprint density at radius 3 is 2.53 bits per heavy atom. The molecule has 0 aliphatic heterocycles. The van der Waals surface area contributed by atoms with Crippen LogP contribution in [0.25, 0.3) is 0 Å². The van der Waals surface area contributed by atoms with Gasteiger partial charge in [0.05, 0.1) is 0 Å². The first-order valence-corrected chi connectivity index (χ1v) is 7.51. The summed E-state index contributed by atoms with van der Waals surface area (Å²) in [6.45, 7) is 0. The molecule has 1 aromatic rings. The number of hydrogen-bond acceptors (Lipinski definition) is 1. The molecule has 1 fully saturated rings. The zero-order valence-corrected chi connectivity index (χ0v) is 12.5. The van der Waals surface area contributed by atoms with E-state index >= 15 is 0 Å². The molecular weight excluding hydrogens is 298 g/mol. The normalized spacial score (nSPS) is 19.2. The Morgan fingerprint density at radius 2 is 1.94 bits per heavy atom. The van der Waals surface area contributed by atoms with Crippen molar-refractivity contribution < 1.29 is 0 Å². The van der Waals surface area contributed by atoms with E-state index in [0.29, 0.717) is 6.04 Å². The first-order chi connectivity index (χ1) is 8.20. The minimum atomic E-state index is 0.435. The minimum absolute atomic E-state index is 0.435. The molecule has 0 spiro atoms. The van der Waals surface area contributed by atoms with Gasteiger partial charge >= 0.3 is 0 Å². The second-order valence-corrected chi connectivity index (χ2v) is 6.22. The standard InChI is InChI=1S/C14H19BrClN/c1-17-14(10-5-3-2-4-6-10)11-7-12(15)9-13(16)8-11/h7-10,14,17H,2-6H2,1H3. The van der Waals surface area contributed by atoms with Crippen LogP contribution in [0.1, 0.15) is 43.7 Å². The zero-order chi connectivity index (χ0) is 12.3. The van der Waals surface area contributed by atoms with Crippen LogP contribution in [0.4, 0.5) is 0 Å². The Morgan fingerprint density at radius 1 is 1.24 bits per heavy atom. The van der Waals surface area contributed by atoms with Crippen LogP contribution in [0.2, 0.25) is 5.02 Å². The van der Waals surface area contributed by atoms with Gasteiger partial charge in [0.25, 0.3) is 0 Å². The molecule has 2 rings (SSSR count). The maximum absolute atomic E-state index is 6.13. The van der Waals surface area contributed by atoms with Crippen LogP contribution in [0.15, 0.2) is 22.7 Å². The lowest BCUT2D eigenvalue weighted by molar-refractivity contribution is 0.281. The summed E-state index contributed by atoms with van der Waals surface area (Å²) in [6, 6.07) is 6.65. The number of nitrogens with one attached hydrogen (secondary N) is 1. The molecule has 1 nitrogen and oxygen atoms in total. The summed E-state index contributed by atoms with van der Waals surface area (Å²) in [5.41, 5.74) is 1.30. The molecule has 1 unspecified atom stereocenters. The van der Waals surface area contributed by atoms with Gasteiger partial charge in [-0.3, -0.25) is 0 Å². The highest BCUT2D eigenvalue weighted by molar-refractivity contribution is 9.10. The van der Waals surface area contributed by atoms with Gasteiger partial charge < -0.3 is 5.32 Å². The molecule has 0 radical (unpaired) electrons. The molecule has 1 aromatic carbocycles. The van der Waals surface area contributed by atoms with Crippen molar-refractivity contribution in [1.29, 1.82) is 0 Å². The maximum atomic E-state index is 6.13. The molecule has 1 atom stereocenters. The van der Waals surface area contributed by atoms with Crippen molar-refractivity contribution in [2.75, 3.05) is 7.05 Å². The second-order valence-electron chi connectivity index (χ2n) is 4.87. The van der Waals surface area contributed by atoms with Gasteiger partial charge in [-0.2, -0.15) is 0 Å². The molecule has 1 N–H and O–H groups in total. The molecule has 0 saturated heterocycles. The van der Waals surface area contributed by atoms with E-state index in [-0.39, 0.29) is 0 Å². The summed E-state index contributed by atoms with van der Waals surface area (Å²) in [4.78, 5) is 0. The van der Waals surface area contributed by atoms with Crippen molar-refractivity contribution >= 4 is 27.5 Å². The lowest BCUT2D eigenvalue weighted by atomic mass is 9.81. The molecule has 94 valence electrons. The molecule has 0 heterocycles. The number of halogens is 2. The van der Waals surface area contributed by atoms with Crippen LogP contribution in [-0.2, 0) is 0 Å². The third-order valence-corrected chi connectivity index (χ3v) is 4.35. The van der Waals surface area contributed by atoms with E-state index in [9.17, 15) is 0 Å². The van der Waals surface area contributed by atoms with E-state index in [1.807, 2.05) is 13.1 Å². The van der Waals surface area contributed by atoms with Crippen LogP contribution >= 0.6 is 27.5 Å². The summed E-state index contributed by atoms with van der Waals surface area (Å²) in [5, 5.41) is 4.27. The van der Waals surface area contributed by atoms with Gasteiger partial charge in [0.2, 0.25) is 0 Å². The van der Waals surface area contributed by atoms with Gasteiger partial charge in [0.15, 0.2) is 0 Å². The van der Waals surface area contributed by atoms with Crippen molar-refractivity contribution in [3.05, 3.63) is 33.3 Å². The lowest BCUT2D eigenvalue weighted by Gasteiger charge is -2.30. The minimum Gasteiger partial charge on any atom is -0.313 e. The summed E-state index contributed by atoms with van der Waals surface area (Å²) in [5.74, 6) is 0.749. The van der Waals surface area contributed by atoms with Crippen LogP contribution in [-0.4, -0.2) is 7.05 Å². The van der Waals surface area contributed by atoms with Crippen molar-refractivity contribution in [1.82, 2.24) is 5.32 Å². The Labute approximate surface area is 117 Å². The predicted molar refractivity (Wildman–Crippen MR) is 77.5 cm³/mol. The predicted octanol–water partition coefficient (Wildman–Crippen LogP) is 4.94. The van der Waals surface area contributed by atoms with Gasteiger partial charge in [-0.15, -0.1) is 0 Å². The smallest absolute Gasteiger partial charge is 0.0420 e. The molecule has 17 heavy (non-hydrogen) atoms. The number of hydrogen-bond donors (Lipinski definition) is 1. The Kier molecular flexibility index (Phi) is 4.89. The van der Waals surface area contributed by atoms with E-state index in [1.54, 1.807) is 0 Å². The number of rotatable bonds is 3. The Balaban J connectivity index is 2.21. The van der Waals surface area contributed by atoms with Gasteiger partial charge in [-0.1, -0.05) is 46.8 Å². The van der Waals surface area contributed by atoms with Crippen LogP contribution in [0.3, 0.4) is 0 Å². The van der Waals surface area contributed by atoms with Gasteiger partial charge in [-0.05, 0) is 49.6 Å². The third-order valence-electron chi connectivity index (χ3n) is 3.68. The van der Waals surface area contributed by atoms with E-state index in [1.165, 1.54) is 37.7 Å². The topological polar surface area (TPSA) is 12.0 Å². The SMILES string of the molecule is CNC(c1cc(Cl)cc(Br)c1)C1CCCCC1. The van der Waals surface area contributed by atoms with Gasteiger partial charge in [0, 0.05) is 15.5 Å². The molecule has 0 bridgehead atoms. The molecule has 1 aliphatic carbocycles. The van der Waals surface area contributed by atoms with E-state index in [2.05, 4.69) is 33.4 Å². The lowest BCUT2D eigenvalue weighted by Crippen LogP contribution is -2.26. The van der Waals surface area contributed by atoms with Gasteiger partial charge in [-0.25, -0.2) is 0 Å². The monoisotopic (exact) mass is 315 g/mol. The summed E-state index contributed by atoms with van der Waals surface area (Å²) in [6.07, 6.45) is 6.78. The maximum Gasteiger partial charge on any atom is 0.0420 e. The summed E-state index contributed by atoms with van der Waals surface area (Å²) < 4.78 is 1.07. The van der Waals surface area contributed by atoms with E-state index < -0.39 is 0 Å². The molecule has 0 aromatic heterocycles.